The van der Waals surface area contributed by atoms with Crippen LogP contribution in [-0.2, 0) is 0 Å². The summed E-state index contributed by atoms with van der Waals surface area (Å²) < 4.78 is 0. The zero-order chi connectivity index (χ0) is 6.24. The topological polar surface area (TPSA) is 76.1 Å². The lowest BCUT2D eigenvalue weighted by Crippen LogP contribution is -2.35. The quantitative estimate of drug-likeness (QED) is 0.249. The van der Waals surface area contributed by atoms with Crippen LogP contribution in [0.1, 0.15) is 0 Å². The van der Waals surface area contributed by atoms with Crippen molar-refractivity contribution in [2.75, 3.05) is 26.4 Å². The van der Waals surface area contributed by atoms with Gasteiger partial charge in [0.1, 0.15) is 0 Å². The van der Waals surface area contributed by atoms with E-state index >= 15 is 0 Å². The molecule has 0 atom stereocenters. The van der Waals surface area contributed by atoms with Crippen molar-refractivity contribution >= 4 is 0 Å². The Morgan fingerprint density at radius 1 is 1.12 bits per heavy atom. The molecule has 0 aliphatic carbocycles. The maximum atomic E-state index is 5.19. The molecule has 8 heavy (non-hydrogen) atoms. The molecule has 6 N–H and O–H groups in total. The highest BCUT2D eigenvalue weighted by Crippen LogP contribution is 1.47. The predicted octanol–water partition coefficient (Wildman–Crippen LogP) is -2.00. The van der Waals surface area contributed by atoms with E-state index in [1.807, 2.05) is 0 Å². The van der Waals surface area contributed by atoms with Crippen LogP contribution in [0.4, 0.5) is 0 Å². The van der Waals surface area contributed by atoms with E-state index < -0.39 is 0 Å². The van der Waals surface area contributed by atoms with E-state index in [1.54, 1.807) is 0 Å². The van der Waals surface area contributed by atoms with Gasteiger partial charge in [-0.05, 0) is 0 Å². The Balaban J connectivity index is 2.53. The maximum absolute atomic E-state index is 5.19. The minimum absolute atomic E-state index is 0.511. The lowest BCUT2D eigenvalue weighted by molar-refractivity contribution is 0.596. The summed E-state index contributed by atoms with van der Waals surface area (Å²) in [4.78, 5) is 0. The largest absolute Gasteiger partial charge is 0.329 e. The Bertz CT molecular complexity index is 33.0. The van der Waals surface area contributed by atoms with Crippen LogP contribution in [0.15, 0.2) is 0 Å². The van der Waals surface area contributed by atoms with Crippen molar-refractivity contribution in [2.24, 2.45) is 11.5 Å². The lowest BCUT2D eigenvalue weighted by Gasteiger charge is -2.00. The fourth-order valence-electron chi connectivity index (χ4n) is 0.351. The molecule has 0 amide bonds. The van der Waals surface area contributed by atoms with Crippen LogP contribution in [0.5, 0.6) is 0 Å². The van der Waals surface area contributed by atoms with Gasteiger partial charge in [-0.15, -0.1) is 0 Å². The molecule has 0 rings (SSSR count). The molecule has 0 spiro atoms. The molecule has 50 valence electrons. The van der Waals surface area contributed by atoms with Crippen LogP contribution < -0.4 is 22.1 Å². The Labute approximate surface area is 49.6 Å². The third-order valence-electron chi connectivity index (χ3n) is 0.715. The van der Waals surface area contributed by atoms with Gasteiger partial charge < -0.3 is 16.8 Å². The van der Waals surface area contributed by atoms with Crippen LogP contribution in [0.2, 0.25) is 0 Å². The van der Waals surface area contributed by atoms with E-state index in [4.69, 9.17) is 11.5 Å². The monoisotopic (exact) mass is 118 g/mol. The highest BCUT2D eigenvalue weighted by atomic mass is 15.1. The smallest absolute Gasteiger partial charge is 0.0464 e. The molecule has 0 unspecified atom stereocenters. The minimum atomic E-state index is 0.511. The molecule has 0 bridgehead atoms. The Kier molecular flexibility index (Phi) is 6.70. The molecular formula is C4H14N4. The van der Waals surface area contributed by atoms with Crippen molar-refractivity contribution < 1.29 is 0 Å². The molecule has 0 radical (unpaired) electrons. The SMILES string of the molecule is NCCNCNCN. The second-order valence-electron chi connectivity index (χ2n) is 1.42. The molecule has 0 fully saturated rings. The summed E-state index contributed by atoms with van der Waals surface area (Å²) in [5.41, 5.74) is 10.3. The molecule has 0 aromatic rings. The molecule has 0 saturated heterocycles. The van der Waals surface area contributed by atoms with E-state index in [0.29, 0.717) is 13.2 Å². The van der Waals surface area contributed by atoms with Gasteiger partial charge >= 0.3 is 0 Å². The molecule has 0 aromatic heterocycles. The van der Waals surface area contributed by atoms with E-state index in [0.717, 1.165) is 13.2 Å². The number of nitrogens with one attached hydrogen (secondary N) is 2. The van der Waals surface area contributed by atoms with Gasteiger partial charge in [0.15, 0.2) is 0 Å². The molecule has 0 heterocycles. The van der Waals surface area contributed by atoms with Crippen molar-refractivity contribution in [1.82, 2.24) is 10.6 Å². The van der Waals surface area contributed by atoms with Gasteiger partial charge in [-0.25, -0.2) is 0 Å². The zero-order valence-corrected chi connectivity index (χ0v) is 4.98. The second-order valence-corrected chi connectivity index (χ2v) is 1.42. The predicted molar refractivity (Wildman–Crippen MR) is 34.1 cm³/mol. The maximum Gasteiger partial charge on any atom is 0.0464 e. The first-order valence-electron chi connectivity index (χ1n) is 2.73. The summed E-state index contributed by atoms with van der Waals surface area (Å²) in [6.07, 6.45) is 0. The molecule has 0 aromatic carbocycles. The van der Waals surface area contributed by atoms with Crippen molar-refractivity contribution in [1.29, 1.82) is 0 Å². The van der Waals surface area contributed by atoms with Gasteiger partial charge in [-0.2, -0.15) is 0 Å². The van der Waals surface area contributed by atoms with E-state index in [9.17, 15) is 0 Å². The van der Waals surface area contributed by atoms with Crippen LogP contribution in [0.25, 0.3) is 0 Å². The van der Waals surface area contributed by atoms with E-state index in [-0.39, 0.29) is 0 Å². The van der Waals surface area contributed by atoms with Crippen molar-refractivity contribution in [3.8, 4) is 0 Å². The number of hydrogen-bond acceptors (Lipinski definition) is 4. The van der Waals surface area contributed by atoms with Gasteiger partial charge in [-0.3, -0.25) is 5.32 Å². The first kappa shape index (κ1) is 7.84. The average molecular weight is 118 g/mol. The number of hydrogen-bond donors (Lipinski definition) is 4. The van der Waals surface area contributed by atoms with Crippen molar-refractivity contribution in [3.05, 3.63) is 0 Å². The van der Waals surface area contributed by atoms with Crippen LogP contribution >= 0.6 is 0 Å². The summed E-state index contributed by atoms with van der Waals surface area (Å²) in [5, 5.41) is 5.91. The van der Waals surface area contributed by atoms with Crippen LogP contribution in [0.3, 0.4) is 0 Å². The summed E-state index contributed by atoms with van der Waals surface area (Å²) in [6, 6.07) is 0. The third kappa shape index (κ3) is 5.84. The Morgan fingerprint density at radius 3 is 2.38 bits per heavy atom. The first-order chi connectivity index (χ1) is 3.91. The van der Waals surface area contributed by atoms with Crippen molar-refractivity contribution in [3.63, 3.8) is 0 Å². The fourth-order valence-corrected chi connectivity index (χ4v) is 0.351. The highest BCUT2D eigenvalue weighted by molar-refractivity contribution is 4.42. The normalized spacial score (nSPS) is 9.75. The summed E-state index contributed by atoms with van der Waals surface area (Å²) in [5.74, 6) is 0. The minimum Gasteiger partial charge on any atom is -0.329 e. The highest BCUT2D eigenvalue weighted by Gasteiger charge is 1.78. The average Bonchev–Trinajstić information content (AvgIpc) is 1.81. The molecular weight excluding hydrogens is 104 g/mol. The number of rotatable bonds is 5. The van der Waals surface area contributed by atoms with Crippen LogP contribution in [-0.4, -0.2) is 26.4 Å². The summed E-state index contributed by atoms with van der Waals surface area (Å²) >= 11 is 0. The summed E-state index contributed by atoms with van der Waals surface area (Å²) in [7, 11) is 0. The molecule has 0 aliphatic heterocycles. The second kappa shape index (κ2) is 6.84. The first-order valence-corrected chi connectivity index (χ1v) is 2.73. The Morgan fingerprint density at radius 2 is 1.88 bits per heavy atom. The molecule has 0 saturated carbocycles. The van der Waals surface area contributed by atoms with Gasteiger partial charge in [0.25, 0.3) is 0 Å². The molecule has 4 heteroatoms. The molecule has 4 nitrogen and oxygen atoms in total. The third-order valence-corrected chi connectivity index (χ3v) is 0.715. The van der Waals surface area contributed by atoms with Gasteiger partial charge in [0.2, 0.25) is 0 Å². The zero-order valence-electron chi connectivity index (χ0n) is 4.98. The van der Waals surface area contributed by atoms with Gasteiger partial charge in [0, 0.05) is 26.4 Å². The molecule has 0 aliphatic rings. The van der Waals surface area contributed by atoms with Crippen molar-refractivity contribution in [2.45, 2.75) is 0 Å². The lowest BCUT2D eigenvalue weighted by atomic mass is 10.6. The fraction of sp³-hybridized carbons (Fsp3) is 1.00. The summed E-state index contributed by atoms with van der Waals surface area (Å²) in [6.45, 7) is 2.77. The standard InChI is InChI=1S/C4H14N4/c5-1-2-7-4-8-3-6/h7-8H,1-6H2. The van der Waals surface area contributed by atoms with Crippen LogP contribution in [0, 0.1) is 0 Å². The van der Waals surface area contributed by atoms with Gasteiger partial charge in [-0.1, -0.05) is 0 Å². The Hall–Kier alpha value is -0.160. The number of nitrogens with two attached hydrogens (primary N) is 2. The van der Waals surface area contributed by atoms with Gasteiger partial charge in [0.05, 0.1) is 0 Å². The van der Waals surface area contributed by atoms with E-state index in [2.05, 4.69) is 10.6 Å². The van der Waals surface area contributed by atoms with E-state index in [1.165, 1.54) is 0 Å².